The third kappa shape index (κ3) is 2.56. The molecule has 88 valence electrons. The van der Waals surface area contributed by atoms with E-state index < -0.39 is 0 Å². The van der Waals surface area contributed by atoms with E-state index in [1.54, 1.807) is 18.2 Å². The highest BCUT2D eigenvalue weighted by Gasteiger charge is 2.17. The van der Waals surface area contributed by atoms with E-state index in [1.165, 1.54) is 12.1 Å². The van der Waals surface area contributed by atoms with Crippen molar-refractivity contribution in [1.29, 1.82) is 5.26 Å². The Labute approximate surface area is 98.7 Å². The fourth-order valence-electron chi connectivity index (χ4n) is 1.75. The second kappa shape index (κ2) is 4.87. The summed E-state index contributed by atoms with van der Waals surface area (Å²) < 4.78 is 5.47. The van der Waals surface area contributed by atoms with Crippen molar-refractivity contribution in [1.82, 2.24) is 0 Å². The van der Waals surface area contributed by atoms with Gasteiger partial charge in [-0.15, -0.1) is 0 Å². The molecule has 0 saturated carbocycles. The lowest BCUT2D eigenvalue weighted by Gasteiger charge is -2.24. The molecule has 1 heterocycles. The minimum absolute atomic E-state index is 0.164. The first-order valence-corrected chi connectivity index (χ1v) is 5.23. The number of ether oxygens (including phenoxy) is 1. The number of nitriles is 1. The Morgan fingerprint density at radius 2 is 2.12 bits per heavy atom. The average Bonchev–Trinajstić information content (AvgIpc) is 2.39. The molecule has 0 unspecified atom stereocenters. The molecule has 0 bridgehead atoms. The van der Waals surface area contributed by atoms with Crippen LogP contribution >= 0.6 is 0 Å². The first-order chi connectivity index (χ1) is 8.20. The highest BCUT2D eigenvalue weighted by molar-refractivity contribution is 5.46. The van der Waals surface area contributed by atoms with Gasteiger partial charge < -0.3 is 15.2 Å². The van der Waals surface area contributed by atoms with Crippen molar-refractivity contribution in [2.75, 3.05) is 5.23 Å². The smallest absolute Gasteiger partial charge is 0.193 e. The minimum atomic E-state index is -0.188. The summed E-state index contributed by atoms with van der Waals surface area (Å²) in [5, 5.41) is 27.9. The zero-order chi connectivity index (χ0) is 12.3. The van der Waals surface area contributed by atoms with Gasteiger partial charge in [-0.2, -0.15) is 5.26 Å². The molecule has 1 aliphatic rings. The second-order valence-electron chi connectivity index (χ2n) is 3.73. The van der Waals surface area contributed by atoms with Gasteiger partial charge in [0.1, 0.15) is 12.2 Å². The monoisotopic (exact) mass is 231 g/mol. The molecule has 0 amide bonds. The zero-order valence-corrected chi connectivity index (χ0v) is 9.04. The summed E-state index contributed by atoms with van der Waals surface area (Å²) >= 11 is 0. The van der Waals surface area contributed by atoms with Crippen LogP contribution in [0.4, 0.5) is 5.69 Å². The van der Waals surface area contributed by atoms with E-state index >= 15 is 0 Å². The highest BCUT2D eigenvalue weighted by Crippen LogP contribution is 2.30. The van der Waals surface area contributed by atoms with Crippen molar-refractivity contribution in [2.45, 2.75) is 18.9 Å². The van der Waals surface area contributed by atoms with E-state index in [0.29, 0.717) is 5.76 Å². The number of rotatable bonds is 2. The summed E-state index contributed by atoms with van der Waals surface area (Å²) in [6.45, 7) is 0. The van der Waals surface area contributed by atoms with Gasteiger partial charge in [-0.25, -0.2) is 0 Å². The molecule has 0 saturated heterocycles. The van der Waals surface area contributed by atoms with Gasteiger partial charge in [0, 0.05) is 0 Å². The molecule has 1 N–H and O–H groups in total. The molecule has 1 aliphatic heterocycles. The molecule has 0 fully saturated rings. The molecule has 5 heteroatoms. The van der Waals surface area contributed by atoms with Crippen LogP contribution in [0.25, 0.3) is 0 Å². The largest absolute Gasteiger partial charge is 0.733 e. The zero-order valence-electron chi connectivity index (χ0n) is 9.04. The highest BCUT2D eigenvalue weighted by atomic mass is 16.8. The molecule has 2 rings (SSSR count). The third-order valence-electron chi connectivity index (χ3n) is 2.62. The van der Waals surface area contributed by atoms with Crippen LogP contribution in [0.3, 0.4) is 0 Å². The van der Waals surface area contributed by atoms with Crippen LogP contribution in [0.15, 0.2) is 36.1 Å². The Hall–Kier alpha value is -2.03. The first kappa shape index (κ1) is 11.5. The molecule has 0 spiro atoms. The maximum absolute atomic E-state index is 10.6. The average molecular weight is 231 g/mol. The lowest BCUT2D eigenvalue weighted by molar-refractivity contribution is 0.107. The fraction of sp³-hybridized carbons (Fsp3) is 0.250. The maximum atomic E-state index is 10.6. The number of allylic oxidation sites excluding steroid dienone is 2. The van der Waals surface area contributed by atoms with Crippen LogP contribution in [0.2, 0.25) is 0 Å². The van der Waals surface area contributed by atoms with Crippen molar-refractivity contribution in [2.24, 2.45) is 0 Å². The summed E-state index contributed by atoms with van der Waals surface area (Å²) in [6.07, 6.45) is 3.19. The van der Waals surface area contributed by atoms with Crippen molar-refractivity contribution < 1.29 is 9.94 Å². The molecule has 0 radical (unpaired) electrons. The van der Waals surface area contributed by atoms with E-state index in [2.05, 4.69) is 0 Å². The molecular formula is C12H11N2O3-. The Balaban J connectivity index is 2.13. The second-order valence-corrected chi connectivity index (χ2v) is 3.73. The number of anilines is 1. The van der Waals surface area contributed by atoms with Crippen LogP contribution in [-0.2, 0) is 4.74 Å². The first-order valence-electron chi connectivity index (χ1n) is 5.23. The van der Waals surface area contributed by atoms with E-state index in [4.69, 9.17) is 15.2 Å². The van der Waals surface area contributed by atoms with E-state index in [-0.39, 0.29) is 17.0 Å². The third-order valence-corrected chi connectivity index (χ3v) is 2.62. The van der Waals surface area contributed by atoms with Gasteiger partial charge in [0.25, 0.3) is 0 Å². The standard InChI is InChI=1S/C12H11N2O3/c13-8-11-2-1-3-12(17-11)9-4-6-10(7-5-9)14(15)16/h2,4-7,12,15H,1,3H2/q-1/t12-/m1/s1. The van der Waals surface area contributed by atoms with Gasteiger partial charge in [0.05, 0.1) is 5.69 Å². The van der Waals surface area contributed by atoms with Gasteiger partial charge in [0.15, 0.2) is 5.76 Å². The molecule has 0 aromatic heterocycles. The predicted molar refractivity (Wildman–Crippen MR) is 60.8 cm³/mol. The summed E-state index contributed by atoms with van der Waals surface area (Å²) in [5.74, 6) is 0.331. The van der Waals surface area contributed by atoms with Crippen molar-refractivity contribution in [3.05, 3.63) is 46.9 Å². The summed E-state index contributed by atoms with van der Waals surface area (Å²) in [4.78, 5) is 0. The van der Waals surface area contributed by atoms with Gasteiger partial charge in [0.2, 0.25) is 0 Å². The van der Waals surface area contributed by atoms with Crippen LogP contribution in [-0.4, -0.2) is 5.21 Å². The number of benzene rings is 1. The molecule has 17 heavy (non-hydrogen) atoms. The van der Waals surface area contributed by atoms with E-state index in [9.17, 15) is 5.21 Å². The van der Waals surface area contributed by atoms with E-state index in [0.717, 1.165) is 18.4 Å². The summed E-state index contributed by atoms with van der Waals surface area (Å²) in [5.41, 5.74) is 1.05. The van der Waals surface area contributed by atoms with Gasteiger partial charge in [-0.3, -0.25) is 5.21 Å². The number of nitrogens with zero attached hydrogens (tertiary/aromatic N) is 2. The van der Waals surface area contributed by atoms with Crippen molar-refractivity contribution in [3.8, 4) is 6.07 Å². The lowest BCUT2D eigenvalue weighted by Crippen LogP contribution is -2.09. The maximum Gasteiger partial charge on any atom is 0.193 e. The lowest BCUT2D eigenvalue weighted by atomic mass is 10.0. The molecule has 1 aromatic carbocycles. The van der Waals surface area contributed by atoms with Gasteiger partial charge in [-0.05, 0) is 36.6 Å². The number of hydrogen-bond acceptors (Lipinski definition) is 5. The summed E-state index contributed by atoms with van der Waals surface area (Å²) in [6, 6.07) is 8.41. The van der Waals surface area contributed by atoms with Crippen molar-refractivity contribution >= 4 is 5.69 Å². The predicted octanol–water partition coefficient (Wildman–Crippen LogP) is 2.64. The van der Waals surface area contributed by atoms with E-state index in [1.807, 2.05) is 6.07 Å². The van der Waals surface area contributed by atoms with Crippen LogP contribution in [0.1, 0.15) is 24.5 Å². The summed E-state index contributed by atoms with van der Waals surface area (Å²) in [7, 11) is 0. The molecular weight excluding hydrogens is 220 g/mol. The Kier molecular flexibility index (Phi) is 3.28. The topological polar surface area (TPSA) is 79.6 Å². The van der Waals surface area contributed by atoms with Gasteiger partial charge >= 0.3 is 0 Å². The van der Waals surface area contributed by atoms with Crippen LogP contribution in [0.5, 0.6) is 0 Å². The molecule has 5 nitrogen and oxygen atoms in total. The van der Waals surface area contributed by atoms with Crippen molar-refractivity contribution in [3.63, 3.8) is 0 Å². The molecule has 0 aliphatic carbocycles. The fourth-order valence-corrected chi connectivity index (χ4v) is 1.75. The van der Waals surface area contributed by atoms with Crippen LogP contribution < -0.4 is 5.23 Å². The SMILES string of the molecule is N#CC1=CCC[C@H](c2ccc(N([O-])O)cc2)O1. The Bertz CT molecular complexity index is 460. The minimum Gasteiger partial charge on any atom is -0.733 e. The number of hydrogen-bond donors (Lipinski definition) is 1. The molecule has 1 atom stereocenters. The van der Waals surface area contributed by atoms with Crippen LogP contribution in [0, 0.1) is 16.5 Å². The Morgan fingerprint density at radius 1 is 1.41 bits per heavy atom. The Morgan fingerprint density at radius 3 is 2.71 bits per heavy atom. The normalized spacial score (nSPS) is 18.9. The quantitative estimate of drug-likeness (QED) is 0.791. The van der Waals surface area contributed by atoms with Gasteiger partial charge in [-0.1, -0.05) is 12.1 Å². The molecule has 1 aromatic rings.